The van der Waals surface area contributed by atoms with Crippen molar-refractivity contribution < 1.29 is 19.1 Å². The molecule has 4 aromatic carbocycles. The van der Waals surface area contributed by atoms with Crippen LogP contribution >= 0.6 is 23.2 Å². The van der Waals surface area contributed by atoms with E-state index in [1.807, 2.05) is 79.7 Å². The summed E-state index contributed by atoms with van der Waals surface area (Å²) in [5.41, 5.74) is 4.45. The van der Waals surface area contributed by atoms with Gasteiger partial charge in [-0.1, -0.05) is 60.7 Å². The van der Waals surface area contributed by atoms with Gasteiger partial charge in [-0.15, -0.1) is 23.2 Å². The van der Waals surface area contributed by atoms with Gasteiger partial charge in [-0.05, 0) is 78.1 Å². The first kappa shape index (κ1) is 26.7. The fraction of sp³-hybridized carbons (Fsp3) is 0.206. The van der Waals surface area contributed by atoms with Crippen LogP contribution in [0.3, 0.4) is 0 Å². The highest BCUT2D eigenvalue weighted by molar-refractivity contribution is 6.36. The zero-order chi connectivity index (χ0) is 29.4. The molecule has 1 aliphatic heterocycles. The third-order valence-corrected chi connectivity index (χ3v) is 10.0. The van der Waals surface area contributed by atoms with Gasteiger partial charge in [0.2, 0.25) is 17.7 Å². The highest BCUT2D eigenvalue weighted by Crippen LogP contribution is 2.69. The largest absolute Gasteiger partial charge is 0.457 e. The fourth-order valence-electron chi connectivity index (χ4n) is 6.86. The maximum atomic E-state index is 14.1. The molecule has 0 radical (unpaired) electrons. The average molecular weight is 597 g/mol. The molecule has 8 heteroatoms. The van der Waals surface area contributed by atoms with Crippen molar-refractivity contribution in [3.8, 4) is 11.5 Å². The van der Waals surface area contributed by atoms with Crippen LogP contribution in [0.4, 0.5) is 5.69 Å². The van der Waals surface area contributed by atoms with Crippen LogP contribution < -0.4 is 10.1 Å². The van der Waals surface area contributed by atoms with E-state index in [0.717, 1.165) is 32.7 Å². The lowest BCUT2D eigenvalue weighted by Gasteiger charge is -2.54. The molecule has 0 spiro atoms. The second-order valence-electron chi connectivity index (χ2n) is 11.1. The van der Waals surface area contributed by atoms with Gasteiger partial charge in [0, 0.05) is 5.69 Å². The van der Waals surface area contributed by atoms with Crippen molar-refractivity contribution in [2.75, 3.05) is 5.32 Å². The normalized spacial score (nSPS) is 25.9. The monoisotopic (exact) mass is 596 g/mol. The van der Waals surface area contributed by atoms with Gasteiger partial charge in [0.1, 0.15) is 27.3 Å². The van der Waals surface area contributed by atoms with E-state index in [1.165, 1.54) is 0 Å². The van der Waals surface area contributed by atoms with Gasteiger partial charge in [-0.2, -0.15) is 0 Å². The molecular formula is C34H26Cl2N2O4. The smallest absolute Gasteiger partial charge is 0.247 e. The Morgan fingerprint density at radius 1 is 0.762 bits per heavy atom. The van der Waals surface area contributed by atoms with Crippen LogP contribution in [0.25, 0.3) is 0 Å². The molecule has 2 bridgehead atoms. The lowest BCUT2D eigenvalue weighted by atomic mass is 9.54. The standard InChI is InChI=1S/C34H26Cl2N2O4/c1-19-8-7-9-23(18-19)42-22-16-14-21(15-17-22)37-30(39)20(2)38-31(40)28-29(32(38)41)34(36)25-11-4-3-10-24(25)33(28,35)26-12-5-6-13-27(26)34/h3-18,20,28-29H,1-2H3,(H,37,39)/t20-,28-,29+,33?,34?/m0/s1. The van der Waals surface area contributed by atoms with Gasteiger partial charge in [0.25, 0.3) is 0 Å². The van der Waals surface area contributed by atoms with E-state index < -0.39 is 45.3 Å². The van der Waals surface area contributed by atoms with Gasteiger partial charge in [0.15, 0.2) is 0 Å². The van der Waals surface area contributed by atoms with Crippen molar-refractivity contribution >= 4 is 46.6 Å². The minimum absolute atomic E-state index is 0.501. The molecule has 42 heavy (non-hydrogen) atoms. The lowest BCUT2D eigenvalue weighted by Crippen LogP contribution is -2.57. The van der Waals surface area contributed by atoms with E-state index in [2.05, 4.69) is 5.32 Å². The lowest BCUT2D eigenvalue weighted by molar-refractivity contribution is -0.146. The molecule has 6 nitrogen and oxygen atoms in total. The van der Waals surface area contributed by atoms with Crippen molar-refractivity contribution in [2.45, 2.75) is 29.6 Å². The minimum atomic E-state index is -1.29. The Morgan fingerprint density at radius 3 is 1.74 bits per heavy atom. The van der Waals surface area contributed by atoms with Crippen molar-refractivity contribution in [2.24, 2.45) is 11.8 Å². The summed E-state index contributed by atoms with van der Waals surface area (Å²) in [5, 5.41) is 2.83. The number of ether oxygens (including phenoxy) is 1. The van der Waals surface area contributed by atoms with Gasteiger partial charge in [-0.25, -0.2) is 0 Å². The van der Waals surface area contributed by atoms with E-state index in [-0.39, 0.29) is 0 Å². The predicted molar refractivity (Wildman–Crippen MR) is 161 cm³/mol. The summed E-state index contributed by atoms with van der Waals surface area (Å²) in [6.45, 7) is 3.53. The number of alkyl halides is 2. The summed E-state index contributed by atoms with van der Waals surface area (Å²) >= 11 is 14.9. The highest BCUT2D eigenvalue weighted by atomic mass is 35.5. The number of nitrogens with zero attached hydrogens (tertiary/aromatic N) is 1. The number of carbonyl (C=O) groups excluding carboxylic acids is 3. The molecule has 0 aromatic heterocycles. The molecule has 1 heterocycles. The fourth-order valence-corrected chi connectivity index (χ4v) is 7.95. The molecule has 3 amide bonds. The molecule has 1 fully saturated rings. The van der Waals surface area contributed by atoms with E-state index >= 15 is 0 Å². The zero-order valence-corrected chi connectivity index (χ0v) is 24.3. The number of hydrogen-bond donors (Lipinski definition) is 1. The number of nitrogens with one attached hydrogen (secondary N) is 1. The molecule has 4 aromatic rings. The Bertz CT molecular complexity index is 1670. The van der Waals surface area contributed by atoms with Gasteiger partial charge in [0.05, 0.1) is 11.8 Å². The predicted octanol–water partition coefficient (Wildman–Crippen LogP) is 6.71. The number of aryl methyl sites for hydroxylation is 1. The Morgan fingerprint density at radius 2 is 1.26 bits per heavy atom. The van der Waals surface area contributed by atoms with Crippen LogP contribution in [0.1, 0.15) is 34.7 Å². The zero-order valence-electron chi connectivity index (χ0n) is 22.8. The van der Waals surface area contributed by atoms with Crippen LogP contribution in [0.5, 0.6) is 11.5 Å². The maximum absolute atomic E-state index is 14.1. The summed E-state index contributed by atoms with van der Waals surface area (Å²) in [5.74, 6) is -2.10. The molecule has 8 rings (SSSR count). The number of carbonyl (C=O) groups is 3. The molecule has 0 unspecified atom stereocenters. The first-order valence-corrected chi connectivity index (χ1v) is 14.5. The second-order valence-corrected chi connectivity index (χ2v) is 12.3. The highest BCUT2D eigenvalue weighted by Gasteiger charge is 2.73. The Balaban J connectivity index is 1.17. The van der Waals surface area contributed by atoms with E-state index in [1.54, 1.807) is 31.2 Å². The average Bonchev–Trinajstić information content (AvgIpc) is 3.27. The number of amides is 3. The number of anilines is 1. The molecule has 4 aliphatic rings. The Kier molecular flexibility index (Phi) is 6.02. The number of benzene rings is 4. The number of likely N-dealkylation sites (tertiary alicyclic amines) is 1. The van der Waals surface area contributed by atoms with Gasteiger partial charge >= 0.3 is 0 Å². The molecule has 0 saturated carbocycles. The number of imide groups is 1. The van der Waals surface area contributed by atoms with Crippen LogP contribution in [0.2, 0.25) is 0 Å². The quantitative estimate of drug-likeness (QED) is 0.205. The summed E-state index contributed by atoms with van der Waals surface area (Å²) < 4.78 is 5.89. The van der Waals surface area contributed by atoms with E-state index in [4.69, 9.17) is 27.9 Å². The topological polar surface area (TPSA) is 75.7 Å². The number of hydrogen-bond acceptors (Lipinski definition) is 4. The molecule has 1 N–H and O–H groups in total. The van der Waals surface area contributed by atoms with Crippen molar-refractivity contribution in [3.05, 3.63) is 125 Å². The molecule has 3 aliphatic carbocycles. The minimum Gasteiger partial charge on any atom is -0.457 e. The van der Waals surface area contributed by atoms with Crippen molar-refractivity contribution in [1.29, 1.82) is 0 Å². The molecule has 210 valence electrons. The Hall–Kier alpha value is -4.13. The summed E-state index contributed by atoms with van der Waals surface area (Å²) in [4.78, 5) is 40.1. The van der Waals surface area contributed by atoms with Gasteiger partial charge < -0.3 is 10.1 Å². The SMILES string of the molecule is Cc1cccc(Oc2ccc(NC(=O)[C@H](C)N3C(=O)[C@@H]4[C@H](C3=O)C3(Cl)c5ccccc5C4(Cl)c4ccccc43)cc2)c1. The summed E-state index contributed by atoms with van der Waals surface area (Å²) in [6.07, 6.45) is 0. The molecule has 1 saturated heterocycles. The van der Waals surface area contributed by atoms with Crippen LogP contribution in [0, 0.1) is 18.8 Å². The maximum Gasteiger partial charge on any atom is 0.247 e. The third-order valence-electron chi connectivity index (χ3n) is 8.73. The summed E-state index contributed by atoms with van der Waals surface area (Å²) in [6, 6.07) is 28.4. The van der Waals surface area contributed by atoms with Crippen LogP contribution in [-0.2, 0) is 24.1 Å². The van der Waals surface area contributed by atoms with Crippen LogP contribution in [-0.4, -0.2) is 28.7 Å². The van der Waals surface area contributed by atoms with Crippen molar-refractivity contribution in [1.82, 2.24) is 4.90 Å². The molecular weight excluding hydrogens is 571 g/mol. The summed E-state index contributed by atoms with van der Waals surface area (Å²) in [7, 11) is 0. The second kappa shape index (κ2) is 9.45. The first-order chi connectivity index (χ1) is 20.2. The van der Waals surface area contributed by atoms with Gasteiger partial charge in [-0.3, -0.25) is 19.3 Å². The van der Waals surface area contributed by atoms with Crippen LogP contribution in [0.15, 0.2) is 97.1 Å². The third kappa shape index (κ3) is 3.61. The van der Waals surface area contributed by atoms with E-state index in [9.17, 15) is 14.4 Å². The number of halogens is 2. The van der Waals surface area contributed by atoms with E-state index in [0.29, 0.717) is 17.2 Å². The number of rotatable bonds is 5. The first-order valence-electron chi connectivity index (χ1n) is 13.8. The Labute approximate surface area is 253 Å². The molecule has 3 atom stereocenters. The van der Waals surface area contributed by atoms with Crippen molar-refractivity contribution in [3.63, 3.8) is 0 Å².